The molecule has 0 aliphatic carbocycles. The summed E-state index contributed by atoms with van der Waals surface area (Å²) in [5.74, 6) is -2.19. The third kappa shape index (κ3) is 4.51. The van der Waals surface area contributed by atoms with Gasteiger partial charge in [-0.3, -0.25) is 14.5 Å². The number of nitrogens with one attached hydrogen (secondary N) is 2. The lowest BCUT2D eigenvalue weighted by Crippen LogP contribution is -2.44. The summed E-state index contributed by atoms with van der Waals surface area (Å²) in [5.41, 5.74) is 4.92. The van der Waals surface area contributed by atoms with Crippen molar-refractivity contribution < 1.29 is 24.3 Å². The zero-order valence-corrected chi connectivity index (χ0v) is 23.6. The molecule has 0 unspecified atom stereocenters. The SMILES string of the molecule is Cc1ccc([C@H]2c3[nH]c4ccccc4c3C[C@H]3C(=O)N(c4ccccc4C(=O)N[C@H](CC(C)C)C(=O)O)C(=O)N23)cc1. The topological polar surface area (TPSA) is 123 Å². The van der Waals surface area contributed by atoms with E-state index in [-0.39, 0.29) is 23.6 Å². The summed E-state index contributed by atoms with van der Waals surface area (Å²) < 4.78 is 0. The Hall–Kier alpha value is -4.92. The molecule has 2 aliphatic rings. The Balaban J connectivity index is 1.42. The number of H-pyrrole nitrogens is 1. The number of urea groups is 1. The van der Waals surface area contributed by atoms with Crippen molar-refractivity contribution in [1.82, 2.24) is 15.2 Å². The molecule has 3 heterocycles. The van der Waals surface area contributed by atoms with E-state index < -0.39 is 41.9 Å². The molecular formula is C33H32N4O5. The fourth-order valence-electron chi connectivity index (χ4n) is 6.18. The Kier molecular flexibility index (Phi) is 6.80. The summed E-state index contributed by atoms with van der Waals surface area (Å²) >= 11 is 0. The summed E-state index contributed by atoms with van der Waals surface area (Å²) in [4.78, 5) is 59.8. The Morgan fingerprint density at radius 2 is 1.69 bits per heavy atom. The van der Waals surface area contributed by atoms with Crippen LogP contribution < -0.4 is 10.2 Å². The smallest absolute Gasteiger partial charge is 0.332 e. The number of para-hydroxylation sites is 2. The first-order valence-corrected chi connectivity index (χ1v) is 14.1. The van der Waals surface area contributed by atoms with Crippen LogP contribution in [0.4, 0.5) is 10.5 Å². The molecule has 42 heavy (non-hydrogen) atoms. The summed E-state index contributed by atoms with van der Waals surface area (Å²) in [6, 6.07) is 19.2. The van der Waals surface area contributed by atoms with E-state index in [1.165, 1.54) is 6.07 Å². The van der Waals surface area contributed by atoms with Crippen LogP contribution in [0.1, 0.15) is 59.1 Å². The van der Waals surface area contributed by atoms with Crippen LogP contribution in [0.25, 0.3) is 10.9 Å². The lowest BCUT2D eigenvalue weighted by atomic mass is 9.88. The van der Waals surface area contributed by atoms with Gasteiger partial charge in [0.25, 0.3) is 11.8 Å². The van der Waals surface area contributed by atoms with Crippen molar-refractivity contribution in [2.24, 2.45) is 5.92 Å². The number of amides is 4. The first-order valence-electron chi connectivity index (χ1n) is 14.1. The fourth-order valence-corrected chi connectivity index (χ4v) is 6.18. The molecule has 2 aliphatic heterocycles. The van der Waals surface area contributed by atoms with E-state index in [1.807, 2.05) is 69.3 Å². The van der Waals surface area contributed by atoms with Crippen molar-refractivity contribution >= 4 is 40.4 Å². The van der Waals surface area contributed by atoms with Gasteiger partial charge in [0.05, 0.1) is 11.3 Å². The average molecular weight is 565 g/mol. The van der Waals surface area contributed by atoms with Gasteiger partial charge in [-0.15, -0.1) is 0 Å². The van der Waals surface area contributed by atoms with Gasteiger partial charge in [-0.1, -0.05) is 74.0 Å². The Labute approximate surface area is 243 Å². The standard InChI is InChI=1S/C33H32N4O5/c1-18(2)16-25(32(40)41)35-30(38)22-9-5-7-11-26(22)37-31(39)27-17-23-21-8-4-6-10-24(21)34-28(23)29(36(27)33(37)42)20-14-12-19(3)13-15-20/h4-15,18,25,27,29,34H,16-17H2,1-3H3,(H,35,38)(H,40,41)/t25-,27+,29+/m1/s1. The van der Waals surface area contributed by atoms with Crippen molar-refractivity contribution in [3.63, 3.8) is 0 Å². The van der Waals surface area contributed by atoms with Crippen LogP contribution in [-0.2, 0) is 16.0 Å². The number of hydrogen-bond donors (Lipinski definition) is 3. The first-order chi connectivity index (χ1) is 20.2. The second kappa shape index (κ2) is 10.5. The quantitative estimate of drug-likeness (QED) is 0.267. The number of carboxylic acid groups (broad SMARTS) is 1. The summed E-state index contributed by atoms with van der Waals surface area (Å²) in [7, 11) is 0. The summed E-state index contributed by atoms with van der Waals surface area (Å²) in [6.07, 6.45) is 0.567. The Morgan fingerprint density at radius 1 is 1.00 bits per heavy atom. The number of nitrogens with zero attached hydrogens (tertiary/aromatic N) is 2. The van der Waals surface area contributed by atoms with Crippen LogP contribution in [0.15, 0.2) is 72.8 Å². The molecule has 3 N–H and O–H groups in total. The predicted octanol–water partition coefficient (Wildman–Crippen LogP) is 5.19. The third-order valence-corrected chi connectivity index (χ3v) is 8.14. The van der Waals surface area contributed by atoms with Crippen LogP contribution in [0.2, 0.25) is 0 Å². The van der Waals surface area contributed by atoms with Crippen molar-refractivity contribution in [2.45, 2.75) is 51.7 Å². The number of aromatic nitrogens is 1. The fraction of sp³-hybridized carbons (Fsp3) is 0.273. The van der Waals surface area contributed by atoms with E-state index in [4.69, 9.17) is 0 Å². The molecule has 6 rings (SSSR count). The molecule has 9 nitrogen and oxygen atoms in total. The molecule has 4 aromatic rings. The second-order valence-electron chi connectivity index (χ2n) is 11.5. The highest BCUT2D eigenvalue weighted by Crippen LogP contribution is 2.45. The molecule has 9 heteroatoms. The number of aliphatic carboxylic acids is 1. The monoisotopic (exact) mass is 564 g/mol. The molecule has 1 aromatic heterocycles. The highest BCUT2D eigenvalue weighted by atomic mass is 16.4. The van der Waals surface area contributed by atoms with E-state index in [1.54, 1.807) is 23.1 Å². The largest absolute Gasteiger partial charge is 0.480 e. The van der Waals surface area contributed by atoms with Crippen LogP contribution in [0.5, 0.6) is 0 Å². The molecule has 3 aromatic carbocycles. The number of imide groups is 1. The summed E-state index contributed by atoms with van der Waals surface area (Å²) in [5, 5.41) is 13.3. The number of aromatic amines is 1. The van der Waals surface area contributed by atoms with Gasteiger partial charge in [0, 0.05) is 23.0 Å². The minimum absolute atomic E-state index is 0.0335. The third-order valence-electron chi connectivity index (χ3n) is 8.14. The highest BCUT2D eigenvalue weighted by molar-refractivity contribution is 6.24. The Morgan fingerprint density at radius 3 is 2.40 bits per heavy atom. The Bertz CT molecular complexity index is 1720. The minimum atomic E-state index is -1.14. The maximum absolute atomic E-state index is 14.3. The van der Waals surface area contributed by atoms with Gasteiger partial charge < -0.3 is 15.4 Å². The van der Waals surface area contributed by atoms with Gasteiger partial charge >= 0.3 is 12.0 Å². The highest BCUT2D eigenvalue weighted by Gasteiger charge is 2.53. The van der Waals surface area contributed by atoms with Crippen molar-refractivity contribution in [2.75, 3.05) is 4.90 Å². The van der Waals surface area contributed by atoms with Crippen LogP contribution in [-0.4, -0.2) is 50.9 Å². The van der Waals surface area contributed by atoms with Gasteiger partial charge in [0.2, 0.25) is 0 Å². The second-order valence-corrected chi connectivity index (χ2v) is 11.5. The molecule has 3 atom stereocenters. The van der Waals surface area contributed by atoms with Crippen LogP contribution in [0, 0.1) is 12.8 Å². The molecule has 0 bridgehead atoms. The first kappa shape index (κ1) is 27.3. The molecule has 0 saturated carbocycles. The molecule has 214 valence electrons. The molecule has 0 radical (unpaired) electrons. The maximum atomic E-state index is 14.3. The van der Waals surface area contributed by atoms with Crippen molar-refractivity contribution in [3.8, 4) is 0 Å². The van der Waals surface area contributed by atoms with E-state index in [0.29, 0.717) is 6.42 Å². The maximum Gasteiger partial charge on any atom is 0.332 e. The van der Waals surface area contributed by atoms with E-state index >= 15 is 0 Å². The number of benzene rings is 3. The number of carboxylic acids is 1. The normalized spacial score (nSPS) is 18.8. The number of carbonyl (C=O) groups excluding carboxylic acids is 3. The zero-order chi connectivity index (χ0) is 29.7. The van der Waals surface area contributed by atoms with E-state index in [9.17, 15) is 24.3 Å². The number of anilines is 1. The predicted molar refractivity (Wildman–Crippen MR) is 158 cm³/mol. The summed E-state index contributed by atoms with van der Waals surface area (Å²) in [6.45, 7) is 5.74. The van der Waals surface area contributed by atoms with Gasteiger partial charge in [-0.25, -0.2) is 14.5 Å². The zero-order valence-electron chi connectivity index (χ0n) is 23.6. The van der Waals surface area contributed by atoms with Crippen LogP contribution >= 0.6 is 0 Å². The van der Waals surface area contributed by atoms with Crippen LogP contribution in [0.3, 0.4) is 0 Å². The molecule has 0 spiro atoms. The number of carbonyl (C=O) groups is 4. The van der Waals surface area contributed by atoms with Gasteiger partial charge in [0.1, 0.15) is 18.1 Å². The number of rotatable bonds is 7. The van der Waals surface area contributed by atoms with E-state index in [0.717, 1.165) is 38.2 Å². The van der Waals surface area contributed by atoms with Gasteiger partial charge in [-0.05, 0) is 48.6 Å². The number of hydrogen-bond acceptors (Lipinski definition) is 4. The molecule has 1 saturated heterocycles. The van der Waals surface area contributed by atoms with Crippen molar-refractivity contribution in [1.29, 1.82) is 0 Å². The number of fused-ring (bicyclic) bond motifs is 4. The molecule has 1 fully saturated rings. The lowest BCUT2D eigenvalue weighted by Gasteiger charge is -2.36. The van der Waals surface area contributed by atoms with Crippen molar-refractivity contribution in [3.05, 3.63) is 101 Å². The number of aryl methyl sites for hydroxylation is 1. The molecule has 4 amide bonds. The van der Waals surface area contributed by atoms with Gasteiger partial charge in [0.15, 0.2) is 0 Å². The molecular weight excluding hydrogens is 532 g/mol. The average Bonchev–Trinajstić information content (AvgIpc) is 3.46. The van der Waals surface area contributed by atoms with E-state index in [2.05, 4.69) is 10.3 Å². The van der Waals surface area contributed by atoms with Gasteiger partial charge in [-0.2, -0.15) is 0 Å². The minimum Gasteiger partial charge on any atom is -0.480 e. The lowest BCUT2D eigenvalue weighted by molar-refractivity contribution is -0.139.